The summed E-state index contributed by atoms with van der Waals surface area (Å²) in [5, 5.41) is 11.2. The highest BCUT2D eigenvalue weighted by molar-refractivity contribution is 9.10. The molecule has 20 rings (SSSR count). The average Bonchev–Trinajstić information content (AvgIpc) is 4.37. The van der Waals surface area contributed by atoms with Crippen molar-refractivity contribution >= 4 is 133 Å². The van der Waals surface area contributed by atoms with E-state index in [1.807, 2.05) is 0 Å². The second-order valence-corrected chi connectivity index (χ2v) is 29.7. The number of hydrogen-bond donors (Lipinski definition) is 0. The molecule has 4 aliphatic carbocycles. The molecule has 0 spiro atoms. The molecule has 4 saturated carbocycles. The molecule has 7 fully saturated rings. The Bertz CT molecular complexity index is 4630. The van der Waals surface area contributed by atoms with Gasteiger partial charge in [0.15, 0.2) is 0 Å². The fourth-order valence-electron chi connectivity index (χ4n) is 19.2. The van der Waals surface area contributed by atoms with Crippen molar-refractivity contribution in [3.05, 3.63) is 168 Å². The summed E-state index contributed by atoms with van der Waals surface area (Å²) < 4.78 is 8.75. The van der Waals surface area contributed by atoms with Crippen molar-refractivity contribution in [2.45, 2.75) is 147 Å². The molecule has 8 heterocycles. The first-order valence-electron chi connectivity index (χ1n) is 30.8. The topological polar surface area (TPSA) is 23.5 Å². The minimum absolute atomic E-state index is 0.611. The number of fused-ring (bicyclic) bond motifs is 19. The highest BCUT2D eigenvalue weighted by atomic mass is 79.9. The molecular formula is C72H63BrN6S2. The Labute approximate surface area is 488 Å². The Morgan fingerprint density at radius 1 is 0.383 bits per heavy atom. The van der Waals surface area contributed by atoms with Gasteiger partial charge in [0, 0.05) is 99.7 Å². The van der Waals surface area contributed by atoms with E-state index in [1.54, 1.807) is 5.56 Å². The second kappa shape index (κ2) is 17.1. The van der Waals surface area contributed by atoms with Gasteiger partial charge in [0.25, 0.3) is 0 Å². The molecule has 8 aliphatic rings. The predicted octanol–water partition coefficient (Wildman–Crippen LogP) is 18.6. The minimum atomic E-state index is 0.611. The lowest BCUT2D eigenvalue weighted by Gasteiger charge is -2.70. The number of halogens is 1. The van der Waals surface area contributed by atoms with Crippen LogP contribution in [0.25, 0.3) is 93.3 Å². The van der Waals surface area contributed by atoms with Gasteiger partial charge in [-0.15, -0.1) is 0 Å². The van der Waals surface area contributed by atoms with Crippen LogP contribution in [-0.4, -0.2) is 80.4 Å². The standard InChI is InChI=1S/C72H63BrN6S2/c73-44-29-35-54-51(39-44)48-12-5-16-59-68(48)75(54)56-14-2-1-13-55(56)74(59)45-30-24-40(25-31-45)41-26-32-52-49(36-41)46-10-6-17-60-69(46)76(52)61-18-7-11-47-50-37-42(27-33-53(50)77(60)70(47)61)43-28-34-58-67(38-43)81-66-23-9-19-62-72(66)79(58)63-20-8-22-65-71(63)78(62)57-15-3-4-21-64(57)80-65/h1-2,5-7,10-14,16-18,24-27,29-33,35-37,39,43,57-58,62-67,71-72H,3-4,8-9,15,19-23,28,34,38H2. The predicted molar refractivity (Wildman–Crippen MR) is 345 cm³/mol. The number of hydrogen-bond acceptors (Lipinski definition) is 5. The summed E-state index contributed by atoms with van der Waals surface area (Å²) in [6.45, 7) is 0. The lowest BCUT2D eigenvalue weighted by Crippen LogP contribution is -2.81. The number of aromatic nitrogens is 3. The summed E-state index contributed by atoms with van der Waals surface area (Å²) in [4.78, 5) is 9.07. The number of para-hydroxylation sites is 5. The van der Waals surface area contributed by atoms with Crippen LogP contribution >= 0.6 is 39.5 Å². The van der Waals surface area contributed by atoms with E-state index in [2.05, 4.69) is 225 Å². The molecule has 0 radical (unpaired) electrons. The van der Waals surface area contributed by atoms with Crippen molar-refractivity contribution in [2.75, 3.05) is 4.90 Å². The maximum Gasteiger partial charge on any atom is 0.0783 e. The van der Waals surface area contributed by atoms with Gasteiger partial charge in [0.05, 0.1) is 61.2 Å². The van der Waals surface area contributed by atoms with E-state index < -0.39 is 0 Å². The van der Waals surface area contributed by atoms with Gasteiger partial charge in [0.2, 0.25) is 0 Å². The van der Waals surface area contributed by atoms with Gasteiger partial charge in [-0.2, -0.15) is 23.5 Å². The van der Waals surface area contributed by atoms with Crippen molar-refractivity contribution < 1.29 is 0 Å². The van der Waals surface area contributed by atoms with Crippen LogP contribution in [0.5, 0.6) is 0 Å². The zero-order chi connectivity index (χ0) is 52.5. The van der Waals surface area contributed by atoms with Crippen LogP contribution in [0.1, 0.15) is 95.0 Å². The summed E-state index contributed by atoms with van der Waals surface area (Å²) in [6, 6.07) is 65.3. The number of benzene rings is 8. The van der Waals surface area contributed by atoms with Crippen LogP contribution in [0.4, 0.5) is 17.1 Å². The van der Waals surface area contributed by atoms with E-state index in [0.29, 0.717) is 5.92 Å². The second-order valence-electron chi connectivity index (χ2n) is 25.8. The Morgan fingerprint density at radius 3 is 1.72 bits per heavy atom. The first-order valence-corrected chi connectivity index (χ1v) is 33.5. The molecule has 11 atom stereocenters. The zero-order valence-electron chi connectivity index (χ0n) is 45.4. The Balaban J connectivity index is 0.643. The molecule has 4 aromatic heterocycles. The third-order valence-corrected chi connectivity index (χ3v) is 26.1. The van der Waals surface area contributed by atoms with E-state index in [1.165, 1.54) is 188 Å². The van der Waals surface area contributed by atoms with E-state index in [9.17, 15) is 0 Å². The molecule has 8 aromatic carbocycles. The van der Waals surface area contributed by atoms with Crippen LogP contribution in [0.2, 0.25) is 0 Å². The largest absolute Gasteiger partial charge is 0.306 e. The van der Waals surface area contributed by atoms with Crippen LogP contribution in [0, 0.1) is 0 Å². The summed E-state index contributed by atoms with van der Waals surface area (Å²) in [5.74, 6) is 0.611. The SMILES string of the molecule is Brc1ccc2c(c1)c1cccc3c1n2-c1ccccc1N3c1ccc(-c2ccc3c(c2)c2cccc4c2n3c2cccc3c5cc(C6CCC7C(C6)SC6CCCC8C6N7C6CCCC7SC9CCCCC9N8C76)ccc5n4c32)cc1. The van der Waals surface area contributed by atoms with Crippen molar-refractivity contribution in [1.82, 2.24) is 23.2 Å². The molecule has 11 unspecified atom stereocenters. The van der Waals surface area contributed by atoms with Gasteiger partial charge in [-0.25, -0.2) is 0 Å². The number of anilines is 3. The number of piperazine rings is 1. The van der Waals surface area contributed by atoms with Gasteiger partial charge >= 0.3 is 0 Å². The third kappa shape index (κ3) is 6.25. The quantitative estimate of drug-likeness (QED) is 0.164. The smallest absolute Gasteiger partial charge is 0.0783 e. The summed E-state index contributed by atoms with van der Waals surface area (Å²) in [7, 11) is 0. The Hall–Kier alpha value is -5.94. The van der Waals surface area contributed by atoms with E-state index in [-0.39, 0.29) is 0 Å². The molecule has 81 heavy (non-hydrogen) atoms. The van der Waals surface area contributed by atoms with Crippen LogP contribution in [-0.2, 0) is 0 Å². The van der Waals surface area contributed by atoms with Gasteiger partial charge in [-0.1, -0.05) is 114 Å². The molecule has 0 bridgehead atoms. The Kier molecular flexibility index (Phi) is 9.82. The normalized spacial score (nSPS) is 29.0. The van der Waals surface area contributed by atoms with Gasteiger partial charge < -0.3 is 18.3 Å². The maximum absolute atomic E-state index is 3.76. The summed E-state index contributed by atoms with van der Waals surface area (Å²) in [5.41, 5.74) is 19.0. The van der Waals surface area contributed by atoms with E-state index >= 15 is 0 Å². The molecular weight excluding hydrogens is 1090 g/mol. The number of rotatable bonds is 3. The van der Waals surface area contributed by atoms with Crippen molar-refractivity contribution in [2.24, 2.45) is 0 Å². The number of thioether (sulfide) groups is 2. The van der Waals surface area contributed by atoms with Crippen LogP contribution in [0.15, 0.2) is 162 Å². The fourth-order valence-corrected chi connectivity index (χ4v) is 23.6. The third-order valence-electron chi connectivity index (χ3n) is 22.2. The molecule has 4 aliphatic heterocycles. The zero-order valence-corrected chi connectivity index (χ0v) is 48.7. The maximum atomic E-state index is 3.76. The van der Waals surface area contributed by atoms with E-state index in [4.69, 9.17) is 0 Å². The molecule has 9 heteroatoms. The monoisotopic (exact) mass is 1150 g/mol. The van der Waals surface area contributed by atoms with Crippen molar-refractivity contribution in [3.8, 4) is 16.8 Å². The number of nitrogens with zero attached hydrogens (tertiary/aromatic N) is 6. The van der Waals surface area contributed by atoms with Crippen LogP contribution in [0.3, 0.4) is 0 Å². The summed E-state index contributed by atoms with van der Waals surface area (Å²) >= 11 is 8.73. The highest BCUT2D eigenvalue weighted by Gasteiger charge is 2.63. The lowest BCUT2D eigenvalue weighted by atomic mass is 9.71. The average molecular weight is 1160 g/mol. The fraction of sp³-hybridized carbons (Fsp3) is 0.333. The highest BCUT2D eigenvalue weighted by Crippen LogP contribution is 2.59. The first-order chi connectivity index (χ1) is 40.1. The van der Waals surface area contributed by atoms with Crippen LogP contribution < -0.4 is 4.90 Å². The molecule has 0 amide bonds. The summed E-state index contributed by atoms with van der Waals surface area (Å²) in [6.07, 6.45) is 18.5. The molecule has 6 nitrogen and oxygen atoms in total. The van der Waals surface area contributed by atoms with Crippen molar-refractivity contribution in [3.63, 3.8) is 0 Å². The molecule has 0 N–H and O–H groups in total. The molecule has 400 valence electrons. The molecule has 12 aromatic rings. The minimum Gasteiger partial charge on any atom is -0.306 e. The first kappa shape index (κ1) is 46.5. The van der Waals surface area contributed by atoms with Gasteiger partial charge in [-0.05, 0) is 165 Å². The Morgan fingerprint density at radius 2 is 0.963 bits per heavy atom. The van der Waals surface area contributed by atoms with Gasteiger partial charge in [-0.3, -0.25) is 9.80 Å². The van der Waals surface area contributed by atoms with E-state index in [0.717, 1.165) is 67.4 Å². The van der Waals surface area contributed by atoms with Crippen molar-refractivity contribution in [1.29, 1.82) is 0 Å². The molecule has 3 saturated heterocycles. The van der Waals surface area contributed by atoms with Gasteiger partial charge in [0.1, 0.15) is 0 Å². The lowest BCUT2D eigenvalue weighted by molar-refractivity contribution is -0.137.